The summed E-state index contributed by atoms with van der Waals surface area (Å²) < 4.78 is 5.30. The van der Waals surface area contributed by atoms with E-state index in [1.807, 2.05) is 12.1 Å². The van der Waals surface area contributed by atoms with Crippen molar-refractivity contribution in [1.82, 2.24) is 4.98 Å². The summed E-state index contributed by atoms with van der Waals surface area (Å²) >= 11 is 0. The molecule has 1 unspecified atom stereocenters. The van der Waals surface area contributed by atoms with Gasteiger partial charge in [0.25, 0.3) is 0 Å². The van der Waals surface area contributed by atoms with E-state index in [9.17, 15) is 0 Å². The summed E-state index contributed by atoms with van der Waals surface area (Å²) in [5.74, 6) is 1.42. The van der Waals surface area contributed by atoms with Gasteiger partial charge in [-0.05, 0) is 17.5 Å². The van der Waals surface area contributed by atoms with Crippen molar-refractivity contribution >= 4 is 11.5 Å². The molecule has 0 saturated carbocycles. The fraction of sp³-hybridized carbons (Fsp3) is 0.615. The van der Waals surface area contributed by atoms with E-state index in [2.05, 4.69) is 23.7 Å². The molecule has 0 spiro atoms. The molecule has 0 aliphatic carbocycles. The van der Waals surface area contributed by atoms with E-state index in [1.165, 1.54) is 0 Å². The van der Waals surface area contributed by atoms with Gasteiger partial charge < -0.3 is 15.4 Å². The lowest BCUT2D eigenvalue weighted by Gasteiger charge is -2.24. The Bertz CT molecular complexity index is 392. The van der Waals surface area contributed by atoms with Gasteiger partial charge in [-0.3, -0.25) is 0 Å². The van der Waals surface area contributed by atoms with Gasteiger partial charge in [-0.25, -0.2) is 4.98 Å². The molecule has 1 aliphatic heterocycles. The van der Waals surface area contributed by atoms with Crippen molar-refractivity contribution in [3.05, 3.63) is 18.3 Å². The Morgan fingerprint density at radius 3 is 3.00 bits per heavy atom. The van der Waals surface area contributed by atoms with E-state index >= 15 is 0 Å². The van der Waals surface area contributed by atoms with Crippen molar-refractivity contribution in [3.8, 4) is 0 Å². The predicted octanol–water partition coefficient (Wildman–Crippen LogP) is 1.77. The van der Waals surface area contributed by atoms with Crippen LogP contribution < -0.4 is 10.6 Å². The fourth-order valence-corrected chi connectivity index (χ4v) is 2.51. The molecule has 0 amide bonds. The van der Waals surface area contributed by atoms with Gasteiger partial charge in [-0.2, -0.15) is 0 Å². The van der Waals surface area contributed by atoms with Crippen molar-refractivity contribution in [2.45, 2.75) is 13.8 Å². The molecule has 17 heavy (non-hydrogen) atoms. The van der Waals surface area contributed by atoms with Gasteiger partial charge in [0, 0.05) is 32.3 Å². The molecule has 1 saturated heterocycles. The van der Waals surface area contributed by atoms with Gasteiger partial charge in [0.1, 0.15) is 0 Å². The number of nitrogens with zero attached hydrogens (tertiary/aromatic N) is 2. The predicted molar refractivity (Wildman–Crippen MR) is 70.0 cm³/mol. The number of nitrogen functional groups attached to an aromatic ring is 1. The third kappa shape index (κ3) is 2.36. The van der Waals surface area contributed by atoms with Crippen molar-refractivity contribution in [2.75, 3.05) is 37.4 Å². The van der Waals surface area contributed by atoms with Crippen LogP contribution in [0.3, 0.4) is 0 Å². The van der Waals surface area contributed by atoms with Crippen LogP contribution in [0.15, 0.2) is 18.3 Å². The van der Waals surface area contributed by atoms with Crippen LogP contribution in [0.4, 0.5) is 11.5 Å². The Morgan fingerprint density at radius 1 is 1.59 bits per heavy atom. The minimum absolute atomic E-state index is 0.236. The highest BCUT2D eigenvalue weighted by molar-refractivity contribution is 5.62. The molecule has 2 heterocycles. The molecule has 1 atom stereocenters. The van der Waals surface area contributed by atoms with Crippen molar-refractivity contribution in [2.24, 2.45) is 11.3 Å². The summed E-state index contributed by atoms with van der Waals surface area (Å²) in [6.07, 6.45) is 1.79. The molecular weight excluding hydrogens is 214 g/mol. The molecule has 2 rings (SSSR count). The Morgan fingerprint density at radius 2 is 2.35 bits per heavy atom. The largest absolute Gasteiger partial charge is 0.396 e. The third-order valence-corrected chi connectivity index (χ3v) is 3.63. The van der Waals surface area contributed by atoms with Gasteiger partial charge in [0.2, 0.25) is 0 Å². The first-order valence-electron chi connectivity index (χ1n) is 5.99. The molecule has 1 aliphatic rings. The lowest BCUT2D eigenvalue weighted by molar-refractivity contribution is 0.112. The SMILES string of the molecule is COCC1CN(c2ncccc2N)CC1(C)C. The summed E-state index contributed by atoms with van der Waals surface area (Å²) in [7, 11) is 1.76. The lowest BCUT2D eigenvalue weighted by atomic mass is 9.83. The van der Waals surface area contributed by atoms with Crippen LogP contribution in [0.5, 0.6) is 0 Å². The third-order valence-electron chi connectivity index (χ3n) is 3.63. The average molecular weight is 235 g/mol. The Kier molecular flexibility index (Phi) is 3.24. The van der Waals surface area contributed by atoms with Gasteiger partial charge in [0.05, 0.1) is 12.3 Å². The molecule has 94 valence electrons. The highest BCUT2D eigenvalue weighted by atomic mass is 16.5. The Balaban J connectivity index is 2.18. The van der Waals surface area contributed by atoms with Crippen LogP contribution in [-0.4, -0.2) is 31.8 Å². The number of anilines is 2. The number of aromatic nitrogens is 1. The van der Waals surface area contributed by atoms with Crippen LogP contribution >= 0.6 is 0 Å². The van der Waals surface area contributed by atoms with E-state index in [1.54, 1.807) is 13.3 Å². The van der Waals surface area contributed by atoms with E-state index in [0.29, 0.717) is 5.92 Å². The Labute approximate surface area is 103 Å². The van der Waals surface area contributed by atoms with E-state index in [4.69, 9.17) is 10.5 Å². The summed E-state index contributed by atoms with van der Waals surface area (Å²) in [6, 6.07) is 3.77. The first-order valence-corrected chi connectivity index (χ1v) is 5.99. The number of ether oxygens (including phenoxy) is 1. The zero-order valence-corrected chi connectivity index (χ0v) is 10.8. The molecule has 1 fully saturated rings. The fourth-order valence-electron chi connectivity index (χ4n) is 2.51. The first-order chi connectivity index (χ1) is 8.04. The van der Waals surface area contributed by atoms with Gasteiger partial charge in [-0.15, -0.1) is 0 Å². The number of hydrogen-bond donors (Lipinski definition) is 1. The van der Waals surface area contributed by atoms with E-state index < -0.39 is 0 Å². The topological polar surface area (TPSA) is 51.4 Å². The molecule has 4 nitrogen and oxygen atoms in total. The molecule has 0 radical (unpaired) electrons. The number of hydrogen-bond acceptors (Lipinski definition) is 4. The van der Waals surface area contributed by atoms with Crippen molar-refractivity contribution in [3.63, 3.8) is 0 Å². The van der Waals surface area contributed by atoms with Crippen LogP contribution in [0, 0.1) is 11.3 Å². The normalized spacial score (nSPS) is 23.0. The van der Waals surface area contributed by atoms with Gasteiger partial charge >= 0.3 is 0 Å². The zero-order valence-electron chi connectivity index (χ0n) is 10.8. The maximum absolute atomic E-state index is 5.97. The second kappa shape index (κ2) is 4.53. The van der Waals surface area contributed by atoms with Crippen molar-refractivity contribution < 1.29 is 4.74 Å². The summed E-state index contributed by atoms with van der Waals surface area (Å²) in [5.41, 5.74) is 6.96. The first kappa shape index (κ1) is 12.2. The average Bonchev–Trinajstić information content (AvgIpc) is 2.56. The van der Waals surface area contributed by atoms with Crippen molar-refractivity contribution in [1.29, 1.82) is 0 Å². The summed E-state index contributed by atoms with van der Waals surface area (Å²) in [4.78, 5) is 6.64. The second-order valence-electron chi connectivity index (χ2n) is 5.44. The molecule has 1 aromatic rings. The molecule has 4 heteroatoms. The number of methoxy groups -OCH3 is 1. The van der Waals surface area contributed by atoms with E-state index in [0.717, 1.165) is 31.2 Å². The van der Waals surface area contributed by atoms with Crippen LogP contribution in [0.1, 0.15) is 13.8 Å². The number of nitrogens with two attached hydrogens (primary N) is 1. The van der Waals surface area contributed by atoms with Gasteiger partial charge in [0.15, 0.2) is 5.82 Å². The highest BCUT2D eigenvalue weighted by Crippen LogP contribution is 2.38. The standard InChI is InChI=1S/C13H21N3O/c1-13(2)9-16(7-10(13)8-17-3)12-11(14)5-4-6-15-12/h4-6,10H,7-9,14H2,1-3H3. The maximum atomic E-state index is 5.97. The molecule has 1 aromatic heterocycles. The molecule has 2 N–H and O–H groups in total. The van der Waals surface area contributed by atoms with E-state index in [-0.39, 0.29) is 5.41 Å². The second-order valence-corrected chi connectivity index (χ2v) is 5.44. The quantitative estimate of drug-likeness (QED) is 0.867. The van der Waals surface area contributed by atoms with Crippen LogP contribution in [-0.2, 0) is 4.74 Å². The molecule has 0 aromatic carbocycles. The minimum atomic E-state index is 0.236. The minimum Gasteiger partial charge on any atom is -0.396 e. The molecule has 0 bridgehead atoms. The Hall–Kier alpha value is -1.29. The van der Waals surface area contributed by atoms with Crippen LogP contribution in [0.25, 0.3) is 0 Å². The smallest absolute Gasteiger partial charge is 0.151 e. The lowest BCUT2D eigenvalue weighted by Crippen LogP contribution is -2.26. The number of pyridine rings is 1. The van der Waals surface area contributed by atoms with Crippen LogP contribution in [0.2, 0.25) is 0 Å². The zero-order chi connectivity index (χ0) is 12.5. The highest BCUT2D eigenvalue weighted by Gasteiger charge is 2.40. The van der Waals surface area contributed by atoms with Gasteiger partial charge in [-0.1, -0.05) is 13.8 Å². The molecular formula is C13H21N3O. The number of rotatable bonds is 3. The summed E-state index contributed by atoms with van der Waals surface area (Å²) in [6.45, 7) is 7.27. The maximum Gasteiger partial charge on any atom is 0.151 e. The summed E-state index contributed by atoms with van der Waals surface area (Å²) in [5, 5.41) is 0. The monoisotopic (exact) mass is 235 g/mol.